The highest BCUT2D eigenvalue weighted by Gasteiger charge is 2.16. The Labute approximate surface area is 128 Å². The molecule has 0 aromatic heterocycles. The highest BCUT2D eigenvalue weighted by Crippen LogP contribution is 2.25. The van der Waals surface area contributed by atoms with Crippen molar-refractivity contribution in [3.63, 3.8) is 0 Å². The Morgan fingerprint density at radius 2 is 1.81 bits per heavy atom. The van der Waals surface area contributed by atoms with Gasteiger partial charge in [-0.1, -0.05) is 26.7 Å². The van der Waals surface area contributed by atoms with Gasteiger partial charge in [-0.3, -0.25) is 0 Å². The SMILES string of the molecule is CCNS(=O)(=O)c1ccc(NC2CCCC(C)CC2)cc1. The van der Waals surface area contributed by atoms with Gasteiger partial charge in [0.25, 0.3) is 0 Å². The molecule has 0 bridgehead atoms. The molecule has 1 aliphatic carbocycles. The van der Waals surface area contributed by atoms with E-state index < -0.39 is 10.0 Å². The van der Waals surface area contributed by atoms with Crippen LogP contribution in [0.5, 0.6) is 0 Å². The Kier molecular flexibility index (Phi) is 5.65. The first-order valence-electron chi connectivity index (χ1n) is 7.87. The van der Waals surface area contributed by atoms with Gasteiger partial charge in [0.05, 0.1) is 4.90 Å². The van der Waals surface area contributed by atoms with Crippen LogP contribution in [0, 0.1) is 5.92 Å². The highest BCUT2D eigenvalue weighted by molar-refractivity contribution is 7.89. The van der Waals surface area contributed by atoms with Crippen LogP contribution in [0.15, 0.2) is 29.2 Å². The minimum Gasteiger partial charge on any atom is -0.382 e. The molecule has 1 aliphatic rings. The maximum absolute atomic E-state index is 11.9. The zero-order chi connectivity index (χ0) is 15.3. The van der Waals surface area contributed by atoms with Crippen molar-refractivity contribution in [2.75, 3.05) is 11.9 Å². The maximum Gasteiger partial charge on any atom is 0.240 e. The van der Waals surface area contributed by atoms with Crippen molar-refractivity contribution in [1.29, 1.82) is 0 Å². The molecule has 1 aromatic carbocycles. The van der Waals surface area contributed by atoms with Gasteiger partial charge >= 0.3 is 0 Å². The zero-order valence-corrected chi connectivity index (χ0v) is 13.7. The monoisotopic (exact) mass is 310 g/mol. The van der Waals surface area contributed by atoms with Crippen molar-refractivity contribution < 1.29 is 8.42 Å². The number of hydrogen-bond acceptors (Lipinski definition) is 3. The van der Waals surface area contributed by atoms with Gasteiger partial charge in [0.1, 0.15) is 0 Å². The molecule has 4 nitrogen and oxygen atoms in total. The second-order valence-corrected chi connectivity index (χ2v) is 7.75. The highest BCUT2D eigenvalue weighted by atomic mass is 32.2. The second-order valence-electron chi connectivity index (χ2n) is 5.98. The number of rotatable bonds is 5. The van der Waals surface area contributed by atoms with Gasteiger partial charge in [-0.25, -0.2) is 13.1 Å². The van der Waals surface area contributed by atoms with E-state index in [2.05, 4.69) is 17.0 Å². The van der Waals surface area contributed by atoms with E-state index in [9.17, 15) is 8.42 Å². The van der Waals surface area contributed by atoms with Gasteiger partial charge in [0.2, 0.25) is 10.0 Å². The number of anilines is 1. The second kappa shape index (κ2) is 7.27. The summed E-state index contributed by atoms with van der Waals surface area (Å²) in [5.74, 6) is 0.824. The summed E-state index contributed by atoms with van der Waals surface area (Å²) in [7, 11) is -3.35. The molecule has 0 amide bonds. The van der Waals surface area contributed by atoms with Crippen LogP contribution in [0.3, 0.4) is 0 Å². The summed E-state index contributed by atoms with van der Waals surface area (Å²) in [5, 5.41) is 3.54. The number of nitrogens with one attached hydrogen (secondary N) is 2. The molecule has 118 valence electrons. The Hall–Kier alpha value is -1.07. The van der Waals surface area contributed by atoms with E-state index in [1.165, 1.54) is 32.1 Å². The van der Waals surface area contributed by atoms with Crippen molar-refractivity contribution in [2.45, 2.75) is 56.9 Å². The van der Waals surface area contributed by atoms with Crippen LogP contribution in [-0.4, -0.2) is 21.0 Å². The molecule has 2 unspecified atom stereocenters. The number of benzene rings is 1. The van der Waals surface area contributed by atoms with Crippen LogP contribution in [0.25, 0.3) is 0 Å². The van der Waals surface area contributed by atoms with E-state index in [4.69, 9.17) is 0 Å². The summed E-state index contributed by atoms with van der Waals surface area (Å²) >= 11 is 0. The van der Waals surface area contributed by atoms with E-state index >= 15 is 0 Å². The lowest BCUT2D eigenvalue weighted by Gasteiger charge is -2.18. The summed E-state index contributed by atoms with van der Waals surface area (Å²) in [5.41, 5.74) is 1.00. The van der Waals surface area contributed by atoms with Gasteiger partial charge in [0.15, 0.2) is 0 Å². The predicted molar refractivity (Wildman–Crippen MR) is 87.0 cm³/mol. The Morgan fingerprint density at radius 3 is 2.48 bits per heavy atom. The molecule has 1 aromatic rings. The largest absolute Gasteiger partial charge is 0.382 e. The quantitative estimate of drug-likeness (QED) is 0.820. The van der Waals surface area contributed by atoms with E-state index in [-0.39, 0.29) is 0 Å². The number of hydrogen-bond donors (Lipinski definition) is 2. The van der Waals surface area contributed by atoms with E-state index in [1.807, 2.05) is 12.1 Å². The van der Waals surface area contributed by atoms with Crippen LogP contribution in [0.2, 0.25) is 0 Å². The molecule has 2 atom stereocenters. The Balaban J connectivity index is 1.99. The van der Waals surface area contributed by atoms with Gasteiger partial charge in [-0.05, 0) is 49.4 Å². The smallest absolute Gasteiger partial charge is 0.240 e. The molecular formula is C16H26N2O2S. The first-order chi connectivity index (χ1) is 10.0. The first-order valence-corrected chi connectivity index (χ1v) is 9.36. The molecule has 1 fully saturated rings. The van der Waals surface area contributed by atoms with Crippen molar-refractivity contribution in [3.05, 3.63) is 24.3 Å². The van der Waals surface area contributed by atoms with Gasteiger partial charge < -0.3 is 5.32 Å². The molecule has 1 saturated carbocycles. The van der Waals surface area contributed by atoms with Crippen LogP contribution in [0.4, 0.5) is 5.69 Å². The molecular weight excluding hydrogens is 284 g/mol. The van der Waals surface area contributed by atoms with Crippen LogP contribution in [0.1, 0.15) is 46.0 Å². The molecule has 0 aliphatic heterocycles. The lowest BCUT2D eigenvalue weighted by Crippen LogP contribution is -2.23. The molecule has 0 spiro atoms. The van der Waals surface area contributed by atoms with Crippen molar-refractivity contribution in [3.8, 4) is 0 Å². The van der Waals surface area contributed by atoms with Gasteiger partial charge in [-0.2, -0.15) is 0 Å². The fraction of sp³-hybridized carbons (Fsp3) is 0.625. The Morgan fingerprint density at radius 1 is 1.10 bits per heavy atom. The topological polar surface area (TPSA) is 58.2 Å². The maximum atomic E-state index is 11.9. The zero-order valence-electron chi connectivity index (χ0n) is 12.9. The van der Waals surface area contributed by atoms with Crippen LogP contribution < -0.4 is 10.0 Å². The number of sulfonamides is 1. The first kappa shape index (κ1) is 16.3. The summed E-state index contributed by atoms with van der Waals surface area (Å²) in [6.07, 6.45) is 6.24. The molecule has 2 N–H and O–H groups in total. The molecule has 5 heteroatoms. The normalized spacial score (nSPS) is 23.5. The molecule has 21 heavy (non-hydrogen) atoms. The fourth-order valence-corrected chi connectivity index (χ4v) is 3.91. The fourth-order valence-electron chi connectivity index (χ4n) is 2.87. The third-order valence-corrected chi connectivity index (χ3v) is 5.69. The molecule has 0 radical (unpaired) electrons. The molecule has 0 saturated heterocycles. The lowest BCUT2D eigenvalue weighted by molar-refractivity contribution is 0.502. The minimum atomic E-state index is -3.35. The van der Waals surface area contributed by atoms with Crippen LogP contribution in [-0.2, 0) is 10.0 Å². The van der Waals surface area contributed by atoms with Crippen molar-refractivity contribution >= 4 is 15.7 Å². The van der Waals surface area contributed by atoms with E-state index in [0.29, 0.717) is 17.5 Å². The van der Waals surface area contributed by atoms with Crippen molar-refractivity contribution in [1.82, 2.24) is 4.72 Å². The Bertz CT molecular complexity index is 540. The van der Waals surface area contributed by atoms with Gasteiger partial charge in [0, 0.05) is 18.3 Å². The molecule has 0 heterocycles. The van der Waals surface area contributed by atoms with Crippen molar-refractivity contribution in [2.24, 2.45) is 5.92 Å². The standard InChI is InChI=1S/C16H26N2O2S/c1-3-17-21(19,20)16-11-9-15(10-12-16)18-14-6-4-5-13(2)7-8-14/h9-14,17-18H,3-8H2,1-2H3. The lowest BCUT2D eigenvalue weighted by atomic mass is 10.0. The minimum absolute atomic E-state index is 0.324. The summed E-state index contributed by atoms with van der Waals surface area (Å²) in [6, 6.07) is 7.56. The predicted octanol–water partition coefficient (Wildman–Crippen LogP) is 3.37. The third-order valence-electron chi connectivity index (χ3n) is 4.13. The molecule has 2 rings (SSSR count). The van der Waals surface area contributed by atoms with E-state index in [1.54, 1.807) is 19.1 Å². The van der Waals surface area contributed by atoms with Crippen LogP contribution >= 0.6 is 0 Å². The summed E-state index contributed by atoms with van der Waals surface area (Å²) in [4.78, 5) is 0.324. The average molecular weight is 310 g/mol. The summed E-state index contributed by atoms with van der Waals surface area (Å²) < 4.78 is 26.3. The average Bonchev–Trinajstić information content (AvgIpc) is 2.64. The van der Waals surface area contributed by atoms with Gasteiger partial charge in [-0.15, -0.1) is 0 Å². The summed E-state index contributed by atoms with van der Waals surface area (Å²) in [6.45, 7) is 4.51. The third kappa shape index (κ3) is 4.71. The van der Waals surface area contributed by atoms with E-state index in [0.717, 1.165) is 11.6 Å².